The summed E-state index contributed by atoms with van der Waals surface area (Å²) in [7, 11) is 0. The quantitative estimate of drug-likeness (QED) is 0.726. The van der Waals surface area contributed by atoms with Gasteiger partial charge in [0.25, 0.3) is 0 Å². The molecule has 0 saturated heterocycles. The highest BCUT2D eigenvalue weighted by atomic mass is 16.2. The van der Waals surface area contributed by atoms with Gasteiger partial charge in [-0.05, 0) is 20.8 Å². The second-order valence-electron chi connectivity index (χ2n) is 3.20. The third-order valence-electron chi connectivity index (χ3n) is 2.10. The van der Waals surface area contributed by atoms with Crippen molar-refractivity contribution < 1.29 is 4.79 Å². The van der Waals surface area contributed by atoms with Crippen LogP contribution in [0.25, 0.3) is 0 Å². The van der Waals surface area contributed by atoms with Crippen LogP contribution in [0.3, 0.4) is 0 Å². The van der Waals surface area contributed by atoms with E-state index in [-0.39, 0.29) is 12.5 Å². The first kappa shape index (κ1) is 10.6. The molecular weight excluding hydrogens is 180 g/mol. The number of aromatic nitrogens is 2. The molecule has 1 aromatic rings. The van der Waals surface area contributed by atoms with E-state index in [2.05, 4.69) is 10.4 Å². The topological polar surface area (TPSA) is 72.9 Å². The summed E-state index contributed by atoms with van der Waals surface area (Å²) in [5.74, 6) is -0.0434. The molecule has 0 aliphatic rings. The molecule has 0 aliphatic carbocycles. The van der Waals surface area contributed by atoms with E-state index in [1.54, 1.807) is 4.68 Å². The monoisotopic (exact) mass is 196 g/mol. The molecule has 1 heterocycles. The van der Waals surface area contributed by atoms with Crippen molar-refractivity contribution in [3.8, 4) is 0 Å². The number of hydrogen-bond acceptors (Lipinski definition) is 3. The number of nitrogens with one attached hydrogen (secondary N) is 1. The Balaban J connectivity index is 2.77. The van der Waals surface area contributed by atoms with Gasteiger partial charge in [0.2, 0.25) is 5.91 Å². The molecule has 5 nitrogen and oxygen atoms in total. The normalized spacial score (nSPS) is 10.2. The molecule has 0 fully saturated rings. The average molecular weight is 196 g/mol. The van der Waals surface area contributed by atoms with Gasteiger partial charge in [-0.25, -0.2) is 0 Å². The maximum absolute atomic E-state index is 11.3. The van der Waals surface area contributed by atoms with E-state index >= 15 is 0 Å². The van der Waals surface area contributed by atoms with Crippen molar-refractivity contribution in [2.45, 2.75) is 27.3 Å². The van der Waals surface area contributed by atoms with Crippen molar-refractivity contribution in [3.63, 3.8) is 0 Å². The number of hydrogen-bond donors (Lipinski definition) is 2. The van der Waals surface area contributed by atoms with Crippen molar-refractivity contribution in [2.24, 2.45) is 0 Å². The van der Waals surface area contributed by atoms with Crippen LogP contribution in [0.15, 0.2) is 0 Å². The highest BCUT2D eigenvalue weighted by Crippen LogP contribution is 2.14. The summed E-state index contributed by atoms with van der Waals surface area (Å²) in [5.41, 5.74) is 8.01. The fourth-order valence-electron chi connectivity index (χ4n) is 1.25. The lowest BCUT2D eigenvalue weighted by molar-refractivity contribution is -0.121. The molecule has 14 heavy (non-hydrogen) atoms. The minimum absolute atomic E-state index is 0.0434. The van der Waals surface area contributed by atoms with Gasteiger partial charge in [0.15, 0.2) is 0 Å². The van der Waals surface area contributed by atoms with Crippen molar-refractivity contribution >= 4 is 11.6 Å². The highest BCUT2D eigenvalue weighted by molar-refractivity contribution is 5.75. The lowest BCUT2D eigenvalue weighted by atomic mass is 10.3. The first-order valence-corrected chi connectivity index (χ1v) is 4.62. The number of carbonyl (C=O) groups is 1. The number of nitrogen functional groups attached to an aromatic ring is 1. The zero-order valence-corrected chi connectivity index (χ0v) is 8.79. The Hall–Kier alpha value is -1.52. The second-order valence-corrected chi connectivity index (χ2v) is 3.20. The Morgan fingerprint density at radius 1 is 1.57 bits per heavy atom. The largest absolute Gasteiger partial charge is 0.396 e. The molecule has 78 valence electrons. The molecule has 5 heteroatoms. The minimum atomic E-state index is -0.0434. The number of aryl methyl sites for hydroxylation is 1. The van der Waals surface area contributed by atoms with Gasteiger partial charge < -0.3 is 11.1 Å². The Bertz CT molecular complexity index is 343. The van der Waals surface area contributed by atoms with Gasteiger partial charge >= 0.3 is 0 Å². The number of likely N-dealkylation sites (N-methyl/N-ethyl adjacent to an activating group) is 1. The van der Waals surface area contributed by atoms with E-state index in [0.29, 0.717) is 12.2 Å². The molecule has 0 bridgehead atoms. The SMILES string of the molecule is CCNC(=O)Cn1nc(C)c(N)c1C. The van der Waals surface area contributed by atoms with E-state index in [1.807, 2.05) is 20.8 Å². The molecule has 0 radical (unpaired) electrons. The number of amides is 1. The molecule has 1 rings (SSSR count). The van der Waals surface area contributed by atoms with Crippen LogP contribution >= 0.6 is 0 Å². The zero-order valence-electron chi connectivity index (χ0n) is 8.79. The smallest absolute Gasteiger partial charge is 0.241 e. The second kappa shape index (κ2) is 4.13. The predicted molar refractivity (Wildman–Crippen MR) is 54.8 cm³/mol. The molecule has 0 atom stereocenters. The number of nitrogens with zero attached hydrogens (tertiary/aromatic N) is 2. The number of rotatable bonds is 3. The van der Waals surface area contributed by atoms with Crippen molar-refractivity contribution in [1.82, 2.24) is 15.1 Å². The summed E-state index contributed by atoms with van der Waals surface area (Å²) in [6, 6.07) is 0. The summed E-state index contributed by atoms with van der Waals surface area (Å²) in [6.07, 6.45) is 0. The summed E-state index contributed by atoms with van der Waals surface area (Å²) < 4.78 is 1.62. The van der Waals surface area contributed by atoms with Gasteiger partial charge in [-0.1, -0.05) is 0 Å². The first-order chi connectivity index (χ1) is 6.56. The van der Waals surface area contributed by atoms with Gasteiger partial charge in [-0.15, -0.1) is 0 Å². The van der Waals surface area contributed by atoms with Crippen molar-refractivity contribution in [1.29, 1.82) is 0 Å². The van der Waals surface area contributed by atoms with E-state index in [9.17, 15) is 4.79 Å². The van der Waals surface area contributed by atoms with Gasteiger partial charge in [0, 0.05) is 6.54 Å². The van der Waals surface area contributed by atoms with Crippen LogP contribution in [0.4, 0.5) is 5.69 Å². The van der Waals surface area contributed by atoms with Gasteiger partial charge in [-0.3, -0.25) is 9.48 Å². The maximum atomic E-state index is 11.3. The third-order valence-corrected chi connectivity index (χ3v) is 2.10. The molecule has 0 saturated carbocycles. The van der Waals surface area contributed by atoms with Crippen LogP contribution in [0, 0.1) is 13.8 Å². The fourth-order valence-corrected chi connectivity index (χ4v) is 1.25. The lowest BCUT2D eigenvalue weighted by Gasteiger charge is -2.04. The summed E-state index contributed by atoms with van der Waals surface area (Å²) >= 11 is 0. The zero-order chi connectivity index (χ0) is 10.7. The summed E-state index contributed by atoms with van der Waals surface area (Å²) in [4.78, 5) is 11.3. The van der Waals surface area contributed by atoms with Crippen molar-refractivity contribution in [2.75, 3.05) is 12.3 Å². The molecule has 0 aliphatic heterocycles. The van der Waals surface area contributed by atoms with Crippen LogP contribution in [0.5, 0.6) is 0 Å². The highest BCUT2D eigenvalue weighted by Gasteiger charge is 2.10. The van der Waals surface area contributed by atoms with E-state index < -0.39 is 0 Å². The molecule has 0 spiro atoms. The van der Waals surface area contributed by atoms with Crippen LogP contribution in [0.2, 0.25) is 0 Å². The fraction of sp³-hybridized carbons (Fsp3) is 0.556. The predicted octanol–water partition coefficient (Wildman–Crippen LogP) is 0.218. The standard InChI is InChI=1S/C9H16N4O/c1-4-11-8(14)5-13-7(3)9(10)6(2)12-13/h4-5,10H2,1-3H3,(H,11,14). The maximum Gasteiger partial charge on any atom is 0.241 e. The van der Waals surface area contributed by atoms with E-state index in [0.717, 1.165) is 11.4 Å². The molecular formula is C9H16N4O. The van der Waals surface area contributed by atoms with Gasteiger partial charge in [0.05, 0.1) is 17.1 Å². The van der Waals surface area contributed by atoms with Crippen LogP contribution in [0.1, 0.15) is 18.3 Å². The molecule has 1 amide bonds. The Morgan fingerprint density at radius 2 is 2.21 bits per heavy atom. The van der Waals surface area contributed by atoms with E-state index in [1.165, 1.54) is 0 Å². The number of nitrogens with two attached hydrogens (primary N) is 1. The molecule has 1 aromatic heterocycles. The first-order valence-electron chi connectivity index (χ1n) is 4.62. The van der Waals surface area contributed by atoms with Crippen LogP contribution < -0.4 is 11.1 Å². The molecule has 3 N–H and O–H groups in total. The minimum Gasteiger partial charge on any atom is -0.396 e. The molecule has 0 unspecified atom stereocenters. The Kier molecular flexibility index (Phi) is 3.11. The van der Waals surface area contributed by atoms with Crippen LogP contribution in [-0.2, 0) is 11.3 Å². The molecule has 0 aromatic carbocycles. The van der Waals surface area contributed by atoms with E-state index in [4.69, 9.17) is 5.73 Å². The Morgan fingerprint density at radius 3 is 2.64 bits per heavy atom. The number of anilines is 1. The van der Waals surface area contributed by atoms with Gasteiger partial charge in [-0.2, -0.15) is 5.10 Å². The summed E-state index contributed by atoms with van der Waals surface area (Å²) in [5, 5.41) is 6.87. The average Bonchev–Trinajstić information content (AvgIpc) is 2.34. The van der Waals surface area contributed by atoms with Gasteiger partial charge in [0.1, 0.15) is 6.54 Å². The third kappa shape index (κ3) is 2.04. The number of carbonyl (C=O) groups excluding carboxylic acids is 1. The summed E-state index contributed by atoms with van der Waals surface area (Å²) in [6.45, 7) is 6.43. The van der Waals surface area contributed by atoms with Crippen LogP contribution in [-0.4, -0.2) is 22.2 Å². The lowest BCUT2D eigenvalue weighted by Crippen LogP contribution is -2.28. The Labute approximate surface area is 83.3 Å². The van der Waals surface area contributed by atoms with Crippen molar-refractivity contribution in [3.05, 3.63) is 11.4 Å².